The number of carbonyl (C=O) groups excluding carboxylic acids is 1. The molecule has 152 valence electrons. The van der Waals surface area contributed by atoms with Crippen molar-refractivity contribution >= 4 is 56.1 Å². The van der Waals surface area contributed by atoms with Gasteiger partial charge in [-0.3, -0.25) is 14.7 Å². The van der Waals surface area contributed by atoms with Gasteiger partial charge in [0.05, 0.1) is 22.6 Å². The molecule has 0 saturated heterocycles. The molecule has 2 aromatic rings. The quantitative estimate of drug-likeness (QED) is 0.357. The molecule has 1 amide bonds. The van der Waals surface area contributed by atoms with Gasteiger partial charge in [-0.15, -0.1) is 10.9 Å². The van der Waals surface area contributed by atoms with Crippen LogP contribution >= 0.6 is 22.7 Å². The predicted molar refractivity (Wildman–Crippen MR) is 132 cm³/mol. The smallest absolute Gasteiger partial charge is 0.270 e. The summed E-state index contributed by atoms with van der Waals surface area (Å²) in [5.74, 6) is 0.0105. The minimum atomic E-state index is 0.0105. The molecule has 6 heteroatoms. The van der Waals surface area contributed by atoms with Gasteiger partial charge in [-0.05, 0) is 31.5 Å². The average molecular weight is 434 g/mol. The Kier molecular flexibility index (Phi) is 6.35. The number of para-hydroxylation sites is 1. The zero-order valence-corrected chi connectivity index (χ0v) is 18.6. The fourth-order valence-corrected chi connectivity index (χ4v) is 5.44. The Bertz CT molecular complexity index is 1100. The molecule has 0 spiro atoms. The minimum Gasteiger partial charge on any atom is -0.335 e. The molecule has 30 heavy (non-hydrogen) atoms. The van der Waals surface area contributed by atoms with Gasteiger partial charge in [0.1, 0.15) is 9.85 Å². The molecule has 0 saturated carbocycles. The maximum Gasteiger partial charge on any atom is 0.270 e. The molecule has 0 fully saturated rings. The Labute approximate surface area is 185 Å². The number of hydrogen-bond acceptors (Lipinski definition) is 4. The van der Waals surface area contributed by atoms with Gasteiger partial charge in [-0.1, -0.05) is 60.3 Å². The Morgan fingerprint density at radius 3 is 2.27 bits per heavy atom. The van der Waals surface area contributed by atoms with E-state index in [2.05, 4.69) is 52.6 Å². The topological polar surface area (TPSA) is 35.9 Å². The van der Waals surface area contributed by atoms with Crippen LogP contribution < -0.4 is 0 Å². The van der Waals surface area contributed by atoms with Crippen LogP contribution in [0.1, 0.15) is 19.4 Å². The van der Waals surface area contributed by atoms with Crippen LogP contribution in [0, 0.1) is 0 Å². The molecule has 0 bridgehead atoms. The van der Waals surface area contributed by atoms with E-state index in [1.54, 1.807) is 18.0 Å². The standard InChI is InChI=1S/C24H23N3OS2/c1-3-26-20(18-11-7-5-8-12-18)17-29-22(26)15-23-27(4-2)24(28)21(30-23)16-25-19-13-9-6-10-14-19/h5-17H,3-4H2,1-2H3/b22-15+,25-16?. The van der Waals surface area contributed by atoms with Crippen molar-refractivity contribution in [2.24, 2.45) is 4.99 Å². The number of likely N-dealkylation sites (N-methyl/N-ethyl adjacent to an activating group) is 1. The van der Waals surface area contributed by atoms with E-state index in [-0.39, 0.29) is 5.91 Å². The monoisotopic (exact) mass is 433 g/mol. The summed E-state index contributed by atoms with van der Waals surface area (Å²) in [6.45, 7) is 5.64. The van der Waals surface area contributed by atoms with Crippen molar-refractivity contribution in [1.29, 1.82) is 0 Å². The van der Waals surface area contributed by atoms with Crippen LogP contribution in [0.3, 0.4) is 0 Å². The first kappa shape index (κ1) is 20.4. The van der Waals surface area contributed by atoms with Gasteiger partial charge in [-0.2, -0.15) is 0 Å². The molecule has 2 aliphatic heterocycles. The normalized spacial score (nSPS) is 18.0. The lowest BCUT2D eigenvalue weighted by molar-refractivity contribution is -0.119. The van der Waals surface area contributed by atoms with Crippen LogP contribution in [0.4, 0.5) is 5.69 Å². The number of rotatable bonds is 6. The van der Waals surface area contributed by atoms with Gasteiger partial charge in [0, 0.05) is 24.6 Å². The van der Waals surface area contributed by atoms with E-state index in [0.717, 1.165) is 22.2 Å². The first-order valence-electron chi connectivity index (χ1n) is 9.95. The Hall–Kier alpha value is -2.83. The summed E-state index contributed by atoms with van der Waals surface area (Å²) in [7, 11) is 1.49. The van der Waals surface area contributed by atoms with Crippen LogP contribution in [0.5, 0.6) is 0 Å². The van der Waals surface area contributed by atoms with Crippen molar-refractivity contribution in [2.45, 2.75) is 13.8 Å². The van der Waals surface area contributed by atoms with E-state index < -0.39 is 0 Å². The predicted octanol–water partition coefficient (Wildman–Crippen LogP) is 5.20. The second kappa shape index (κ2) is 9.32. The Morgan fingerprint density at radius 2 is 1.60 bits per heavy atom. The number of carbonyl (C=O) groups is 1. The molecule has 0 N–H and O–H groups in total. The third kappa shape index (κ3) is 4.20. The zero-order chi connectivity index (χ0) is 20.9. The highest BCUT2D eigenvalue weighted by Gasteiger charge is 2.27. The molecule has 0 aromatic heterocycles. The highest BCUT2D eigenvalue weighted by atomic mass is 32.2. The average Bonchev–Trinajstić information content (AvgIpc) is 3.33. The zero-order valence-electron chi connectivity index (χ0n) is 17.0. The molecule has 2 aromatic carbocycles. The number of nitrogens with zero attached hydrogens (tertiary/aromatic N) is 3. The van der Waals surface area contributed by atoms with Crippen molar-refractivity contribution in [3.05, 3.63) is 82.7 Å². The molecule has 0 radical (unpaired) electrons. The van der Waals surface area contributed by atoms with Crippen molar-refractivity contribution < 1.29 is 4.79 Å². The largest absolute Gasteiger partial charge is 0.335 e. The molecule has 0 unspecified atom stereocenters. The highest BCUT2D eigenvalue weighted by Crippen LogP contribution is 2.39. The fourth-order valence-electron chi connectivity index (χ4n) is 3.32. The summed E-state index contributed by atoms with van der Waals surface area (Å²) >= 11 is 1.70. The minimum absolute atomic E-state index is 0.0105. The van der Waals surface area contributed by atoms with Gasteiger partial charge >= 0.3 is 0 Å². The van der Waals surface area contributed by atoms with E-state index in [4.69, 9.17) is 0 Å². The molecule has 0 atom stereocenters. The molecular weight excluding hydrogens is 410 g/mol. The maximum absolute atomic E-state index is 12.9. The Morgan fingerprint density at radius 1 is 0.933 bits per heavy atom. The summed E-state index contributed by atoms with van der Waals surface area (Å²) < 4.78 is 0. The lowest BCUT2D eigenvalue weighted by Gasteiger charge is -2.23. The van der Waals surface area contributed by atoms with Gasteiger partial charge in [0.25, 0.3) is 5.91 Å². The van der Waals surface area contributed by atoms with Crippen LogP contribution in [0.25, 0.3) is 5.70 Å². The number of hydrogen-bond donors (Lipinski definition) is 0. The van der Waals surface area contributed by atoms with E-state index >= 15 is 0 Å². The third-order valence-electron chi connectivity index (χ3n) is 4.82. The fraction of sp³-hybridized carbons (Fsp3) is 0.167. The number of aliphatic imine (C=N–C) groups is 1. The number of thioether (sulfide) groups is 1. The van der Waals surface area contributed by atoms with Crippen LogP contribution in [0.15, 0.2) is 82.2 Å². The molecule has 2 heterocycles. The number of amides is 1. The Balaban J connectivity index is 1.64. The van der Waals surface area contributed by atoms with Crippen molar-refractivity contribution in [3.8, 4) is 0 Å². The molecule has 4 nitrogen and oxygen atoms in total. The van der Waals surface area contributed by atoms with Gasteiger partial charge in [-0.25, -0.2) is 0 Å². The second-order valence-corrected chi connectivity index (χ2v) is 8.61. The van der Waals surface area contributed by atoms with Gasteiger partial charge < -0.3 is 4.90 Å². The molecular formula is C24H23N3OS2. The van der Waals surface area contributed by atoms with Crippen LogP contribution in [-0.4, -0.2) is 44.9 Å². The van der Waals surface area contributed by atoms with E-state index in [9.17, 15) is 4.79 Å². The summed E-state index contributed by atoms with van der Waals surface area (Å²) in [5, 5.41) is 3.32. The highest BCUT2D eigenvalue weighted by molar-refractivity contribution is 8.06. The first-order chi connectivity index (χ1) is 14.7. The first-order valence-corrected chi connectivity index (χ1v) is 11.6. The van der Waals surface area contributed by atoms with Crippen LogP contribution in [-0.2, 0) is 4.79 Å². The van der Waals surface area contributed by atoms with Gasteiger partial charge in [0.15, 0.2) is 0 Å². The number of benzene rings is 2. The molecule has 0 aliphatic carbocycles. The summed E-state index contributed by atoms with van der Waals surface area (Å²) in [4.78, 5) is 23.0. The molecule has 4 rings (SSSR count). The summed E-state index contributed by atoms with van der Waals surface area (Å²) in [6.07, 6.45) is 3.81. The van der Waals surface area contributed by atoms with Crippen LogP contribution in [0.2, 0.25) is 0 Å². The second-order valence-electron chi connectivity index (χ2n) is 6.66. The third-order valence-corrected chi connectivity index (χ3v) is 6.79. The van der Waals surface area contributed by atoms with Gasteiger partial charge in [0.2, 0.25) is 0 Å². The van der Waals surface area contributed by atoms with E-state index in [1.807, 2.05) is 48.2 Å². The van der Waals surface area contributed by atoms with E-state index in [0.29, 0.717) is 11.4 Å². The van der Waals surface area contributed by atoms with E-state index in [1.165, 1.54) is 22.2 Å². The van der Waals surface area contributed by atoms with Crippen molar-refractivity contribution in [2.75, 3.05) is 13.1 Å². The lowest BCUT2D eigenvalue weighted by atomic mass is 10.1. The van der Waals surface area contributed by atoms with Crippen molar-refractivity contribution in [1.82, 2.24) is 9.80 Å². The molecule has 2 aliphatic rings. The van der Waals surface area contributed by atoms with Crippen molar-refractivity contribution in [3.63, 3.8) is 0 Å². The SMILES string of the molecule is CCN1C(=O)C(C=Nc2ccccc2)=S=C1/C=C1/SC=C(c2ccccc2)N1CC. The summed E-state index contributed by atoms with van der Waals surface area (Å²) in [6, 6.07) is 20.1. The summed E-state index contributed by atoms with van der Waals surface area (Å²) in [5.41, 5.74) is 3.24. The lowest BCUT2D eigenvalue weighted by Crippen LogP contribution is -2.35. The maximum atomic E-state index is 12.9.